The van der Waals surface area contributed by atoms with Crippen LogP contribution in [0.4, 0.5) is 0 Å². The summed E-state index contributed by atoms with van der Waals surface area (Å²) in [5.74, 6) is 0. The molecule has 1 aromatic rings. The van der Waals surface area contributed by atoms with E-state index in [1.807, 2.05) is 6.07 Å². The van der Waals surface area contributed by atoms with E-state index in [4.69, 9.17) is 5.53 Å². The highest BCUT2D eigenvalue weighted by molar-refractivity contribution is 5.14. The summed E-state index contributed by atoms with van der Waals surface area (Å²) in [5, 5.41) is 6.70. The van der Waals surface area contributed by atoms with Crippen LogP contribution < -0.4 is 5.32 Å². The highest BCUT2D eigenvalue weighted by atomic mass is 15.1. The molecule has 1 aromatic carbocycles. The van der Waals surface area contributed by atoms with Crippen molar-refractivity contribution in [3.05, 3.63) is 46.3 Å². The molecule has 0 saturated heterocycles. The molecular formula is C12H18N4. The van der Waals surface area contributed by atoms with E-state index >= 15 is 0 Å². The van der Waals surface area contributed by atoms with E-state index in [1.165, 1.54) is 12.0 Å². The number of hydrogen-bond acceptors (Lipinski definition) is 2. The van der Waals surface area contributed by atoms with Gasteiger partial charge in [0.25, 0.3) is 0 Å². The average Bonchev–Trinajstić information content (AvgIpc) is 2.34. The van der Waals surface area contributed by atoms with Crippen LogP contribution >= 0.6 is 0 Å². The first kappa shape index (κ1) is 12.6. The number of aryl methyl sites for hydroxylation is 1. The number of nitrogens with zero attached hydrogens (tertiary/aromatic N) is 3. The smallest absolute Gasteiger partial charge is 0.0383 e. The van der Waals surface area contributed by atoms with Crippen molar-refractivity contribution in [2.75, 3.05) is 19.6 Å². The number of nitrogens with one attached hydrogen (secondary N) is 1. The third-order valence-electron chi connectivity index (χ3n) is 2.36. The zero-order chi connectivity index (χ0) is 11.5. The predicted molar refractivity (Wildman–Crippen MR) is 66.3 cm³/mol. The minimum absolute atomic E-state index is 0.537. The summed E-state index contributed by atoms with van der Waals surface area (Å²) in [7, 11) is 0. The SMILES string of the molecule is [N-]=[N+]=NCCNCCCCc1ccccc1. The fourth-order valence-corrected chi connectivity index (χ4v) is 1.52. The van der Waals surface area contributed by atoms with Crippen LogP contribution in [0.3, 0.4) is 0 Å². The number of benzene rings is 1. The van der Waals surface area contributed by atoms with Gasteiger partial charge in [-0.05, 0) is 36.9 Å². The normalized spacial score (nSPS) is 9.75. The Morgan fingerprint density at radius 3 is 2.69 bits per heavy atom. The Morgan fingerprint density at radius 1 is 1.12 bits per heavy atom. The van der Waals surface area contributed by atoms with Gasteiger partial charge in [-0.1, -0.05) is 35.4 Å². The van der Waals surface area contributed by atoms with Crippen LogP contribution in [0.5, 0.6) is 0 Å². The van der Waals surface area contributed by atoms with Crippen molar-refractivity contribution >= 4 is 0 Å². The molecule has 4 heteroatoms. The van der Waals surface area contributed by atoms with Crippen LogP contribution in [-0.4, -0.2) is 19.6 Å². The van der Waals surface area contributed by atoms with E-state index in [1.54, 1.807) is 0 Å². The highest BCUT2D eigenvalue weighted by Gasteiger charge is 1.92. The number of hydrogen-bond donors (Lipinski definition) is 1. The molecule has 0 atom stereocenters. The zero-order valence-electron chi connectivity index (χ0n) is 9.47. The van der Waals surface area contributed by atoms with E-state index in [0.717, 1.165) is 25.9 Å². The van der Waals surface area contributed by atoms with Crippen molar-refractivity contribution in [1.82, 2.24) is 5.32 Å². The molecule has 86 valence electrons. The zero-order valence-corrected chi connectivity index (χ0v) is 9.47. The Kier molecular flexibility index (Phi) is 6.88. The van der Waals surface area contributed by atoms with E-state index in [0.29, 0.717) is 6.54 Å². The molecule has 0 bridgehead atoms. The lowest BCUT2D eigenvalue weighted by atomic mass is 10.1. The lowest BCUT2D eigenvalue weighted by Crippen LogP contribution is -2.18. The second-order valence-corrected chi connectivity index (χ2v) is 3.65. The maximum absolute atomic E-state index is 8.06. The maximum atomic E-state index is 8.06. The van der Waals surface area contributed by atoms with Crippen LogP contribution in [0.25, 0.3) is 10.4 Å². The van der Waals surface area contributed by atoms with E-state index in [2.05, 4.69) is 39.6 Å². The molecule has 0 aliphatic carbocycles. The van der Waals surface area contributed by atoms with Gasteiger partial charge in [-0.25, -0.2) is 0 Å². The van der Waals surface area contributed by atoms with Crippen LogP contribution in [-0.2, 0) is 6.42 Å². The quantitative estimate of drug-likeness (QED) is 0.310. The molecule has 1 N–H and O–H groups in total. The fourth-order valence-electron chi connectivity index (χ4n) is 1.52. The minimum Gasteiger partial charge on any atom is -0.317 e. The van der Waals surface area contributed by atoms with Gasteiger partial charge in [0, 0.05) is 18.0 Å². The Morgan fingerprint density at radius 2 is 1.94 bits per heavy atom. The van der Waals surface area contributed by atoms with Crippen LogP contribution in [0.15, 0.2) is 35.4 Å². The molecule has 0 aliphatic rings. The van der Waals surface area contributed by atoms with Crippen molar-refractivity contribution in [3.8, 4) is 0 Å². The molecule has 16 heavy (non-hydrogen) atoms. The number of rotatable bonds is 8. The molecule has 4 nitrogen and oxygen atoms in total. The predicted octanol–water partition coefficient (Wildman–Crippen LogP) is 2.91. The summed E-state index contributed by atoms with van der Waals surface area (Å²) in [5.41, 5.74) is 9.46. The molecule has 0 aliphatic heterocycles. The summed E-state index contributed by atoms with van der Waals surface area (Å²) < 4.78 is 0. The lowest BCUT2D eigenvalue weighted by Gasteiger charge is -2.03. The van der Waals surface area contributed by atoms with E-state index in [-0.39, 0.29) is 0 Å². The topological polar surface area (TPSA) is 60.8 Å². The van der Waals surface area contributed by atoms with Crippen LogP contribution in [0.1, 0.15) is 18.4 Å². The Labute approximate surface area is 96.3 Å². The molecule has 0 heterocycles. The summed E-state index contributed by atoms with van der Waals surface area (Å²) >= 11 is 0. The third-order valence-corrected chi connectivity index (χ3v) is 2.36. The molecule has 1 rings (SSSR count). The fraction of sp³-hybridized carbons (Fsp3) is 0.500. The molecule has 0 aromatic heterocycles. The molecule has 0 saturated carbocycles. The van der Waals surface area contributed by atoms with Crippen LogP contribution in [0, 0.1) is 0 Å². The van der Waals surface area contributed by atoms with Gasteiger partial charge in [0.15, 0.2) is 0 Å². The first-order valence-corrected chi connectivity index (χ1v) is 5.69. The van der Waals surface area contributed by atoms with Gasteiger partial charge < -0.3 is 5.32 Å². The standard InChI is InChI=1S/C12H18N4/c13-16-15-11-10-14-9-5-4-8-12-6-2-1-3-7-12/h1-3,6-7,14H,4-5,8-11H2. The Bertz CT molecular complexity index is 317. The van der Waals surface area contributed by atoms with Crippen molar-refractivity contribution in [3.63, 3.8) is 0 Å². The van der Waals surface area contributed by atoms with Gasteiger partial charge in [0.2, 0.25) is 0 Å². The first-order chi connectivity index (χ1) is 7.93. The summed E-state index contributed by atoms with van der Waals surface area (Å²) in [4.78, 5) is 2.69. The van der Waals surface area contributed by atoms with Crippen molar-refractivity contribution < 1.29 is 0 Å². The molecule has 0 spiro atoms. The second kappa shape index (κ2) is 8.77. The van der Waals surface area contributed by atoms with E-state index < -0.39 is 0 Å². The van der Waals surface area contributed by atoms with Gasteiger partial charge >= 0.3 is 0 Å². The molecule has 0 radical (unpaired) electrons. The maximum Gasteiger partial charge on any atom is 0.0383 e. The second-order valence-electron chi connectivity index (χ2n) is 3.65. The molecule has 0 amide bonds. The third kappa shape index (κ3) is 6.06. The van der Waals surface area contributed by atoms with Gasteiger partial charge in [-0.3, -0.25) is 0 Å². The number of unbranched alkanes of at least 4 members (excludes halogenated alkanes) is 1. The van der Waals surface area contributed by atoms with Crippen LogP contribution in [0.2, 0.25) is 0 Å². The van der Waals surface area contributed by atoms with Gasteiger partial charge in [-0.15, -0.1) is 0 Å². The molecule has 0 unspecified atom stereocenters. The van der Waals surface area contributed by atoms with Gasteiger partial charge in [-0.2, -0.15) is 0 Å². The highest BCUT2D eigenvalue weighted by Crippen LogP contribution is 2.03. The summed E-state index contributed by atoms with van der Waals surface area (Å²) in [6.07, 6.45) is 3.49. The summed E-state index contributed by atoms with van der Waals surface area (Å²) in [6, 6.07) is 10.5. The minimum atomic E-state index is 0.537. The Balaban J connectivity index is 1.94. The van der Waals surface area contributed by atoms with E-state index in [9.17, 15) is 0 Å². The van der Waals surface area contributed by atoms with Crippen molar-refractivity contribution in [2.24, 2.45) is 5.11 Å². The van der Waals surface area contributed by atoms with Gasteiger partial charge in [0.1, 0.15) is 0 Å². The van der Waals surface area contributed by atoms with Gasteiger partial charge in [0.05, 0.1) is 0 Å². The number of azide groups is 1. The van der Waals surface area contributed by atoms with Crippen molar-refractivity contribution in [1.29, 1.82) is 0 Å². The summed E-state index contributed by atoms with van der Waals surface area (Å²) in [6.45, 7) is 2.30. The molecule has 0 fully saturated rings. The molecular weight excluding hydrogens is 200 g/mol. The first-order valence-electron chi connectivity index (χ1n) is 5.69. The van der Waals surface area contributed by atoms with Crippen molar-refractivity contribution in [2.45, 2.75) is 19.3 Å². The Hall–Kier alpha value is -1.51. The largest absolute Gasteiger partial charge is 0.317 e. The average molecular weight is 218 g/mol. The monoisotopic (exact) mass is 218 g/mol. The lowest BCUT2D eigenvalue weighted by molar-refractivity contribution is 0.626.